The van der Waals surface area contributed by atoms with E-state index in [0.29, 0.717) is 20.7 Å². The maximum atomic E-state index is 11.6. The zero-order valence-corrected chi connectivity index (χ0v) is 16.7. The molecule has 1 atom stereocenters. The van der Waals surface area contributed by atoms with Gasteiger partial charge in [0.25, 0.3) is 0 Å². The molecule has 8 heteroatoms. The molecule has 3 heterocycles. The van der Waals surface area contributed by atoms with E-state index in [9.17, 15) is 9.90 Å². The Morgan fingerprint density at radius 1 is 1.22 bits per heavy atom. The normalized spacial score (nSPS) is 17.3. The smallest absolute Gasteiger partial charge is 0.357 e. The zero-order chi connectivity index (χ0) is 19.0. The first-order valence-electron chi connectivity index (χ1n) is 8.71. The average molecular weight is 422 g/mol. The van der Waals surface area contributed by atoms with Crippen LogP contribution in [-0.4, -0.2) is 34.4 Å². The fourth-order valence-electron chi connectivity index (χ4n) is 3.49. The van der Waals surface area contributed by atoms with Crippen molar-refractivity contribution in [3.63, 3.8) is 0 Å². The van der Waals surface area contributed by atoms with Crippen LogP contribution in [0, 0.1) is 5.92 Å². The van der Waals surface area contributed by atoms with Gasteiger partial charge in [0, 0.05) is 20.3 Å². The van der Waals surface area contributed by atoms with Gasteiger partial charge in [-0.1, -0.05) is 23.2 Å². The van der Waals surface area contributed by atoms with Gasteiger partial charge in [0.05, 0.1) is 10.4 Å². The highest BCUT2D eigenvalue weighted by Gasteiger charge is 2.22. The van der Waals surface area contributed by atoms with Crippen molar-refractivity contribution in [1.82, 2.24) is 15.5 Å². The van der Waals surface area contributed by atoms with Crippen molar-refractivity contribution < 1.29 is 9.90 Å². The van der Waals surface area contributed by atoms with E-state index < -0.39 is 5.97 Å². The Balaban J connectivity index is 1.81. The highest BCUT2D eigenvalue weighted by atomic mass is 35.5. The fraction of sp³-hybridized carbons (Fsp3) is 0.316. The molecular formula is C19H17Cl2N3O2S. The van der Waals surface area contributed by atoms with Crippen LogP contribution in [0.4, 0.5) is 0 Å². The summed E-state index contributed by atoms with van der Waals surface area (Å²) in [6.07, 6.45) is 3.06. The first-order valence-corrected chi connectivity index (χ1v) is 10.3. The van der Waals surface area contributed by atoms with Crippen LogP contribution < -0.4 is 5.32 Å². The Labute approximate surface area is 170 Å². The predicted molar refractivity (Wildman–Crippen MR) is 109 cm³/mol. The third-order valence-corrected chi connectivity index (χ3v) is 6.39. The third-order valence-electron chi connectivity index (χ3n) is 4.76. The van der Waals surface area contributed by atoms with E-state index in [1.54, 1.807) is 6.07 Å². The minimum Gasteiger partial charge on any atom is -0.476 e. The van der Waals surface area contributed by atoms with Gasteiger partial charge in [0.1, 0.15) is 0 Å². The SMILES string of the molecule is O=C(O)c1nnc(CC2CCCNC2)c2cc(-c3cc(Cl)cc(Cl)c3)sc12. The topological polar surface area (TPSA) is 75.1 Å². The molecule has 0 saturated carbocycles. The number of aromatic carboxylic acids is 1. The molecule has 1 fully saturated rings. The summed E-state index contributed by atoms with van der Waals surface area (Å²) in [5.74, 6) is -0.591. The van der Waals surface area contributed by atoms with Crippen LogP contribution in [0.25, 0.3) is 20.5 Å². The van der Waals surface area contributed by atoms with Crippen molar-refractivity contribution in [3.05, 3.63) is 45.7 Å². The summed E-state index contributed by atoms with van der Waals surface area (Å²) in [5, 5.41) is 23.1. The van der Waals surface area contributed by atoms with Crippen LogP contribution >= 0.6 is 34.5 Å². The number of halogens is 2. The molecule has 0 aliphatic carbocycles. The van der Waals surface area contributed by atoms with Gasteiger partial charge in [-0.3, -0.25) is 0 Å². The quantitative estimate of drug-likeness (QED) is 0.625. The lowest BCUT2D eigenvalue weighted by Gasteiger charge is -2.22. The minimum absolute atomic E-state index is 0.0140. The minimum atomic E-state index is -1.07. The molecular weight excluding hydrogens is 405 g/mol. The van der Waals surface area contributed by atoms with Gasteiger partial charge < -0.3 is 10.4 Å². The summed E-state index contributed by atoms with van der Waals surface area (Å²) in [6, 6.07) is 7.30. The van der Waals surface area contributed by atoms with E-state index in [4.69, 9.17) is 23.2 Å². The number of hydrogen-bond acceptors (Lipinski definition) is 5. The molecule has 1 aliphatic rings. The average Bonchev–Trinajstić information content (AvgIpc) is 3.07. The summed E-state index contributed by atoms with van der Waals surface area (Å²) in [4.78, 5) is 12.5. The van der Waals surface area contributed by atoms with Crippen molar-refractivity contribution in [3.8, 4) is 10.4 Å². The lowest BCUT2D eigenvalue weighted by molar-refractivity contribution is 0.0692. The summed E-state index contributed by atoms with van der Waals surface area (Å²) >= 11 is 13.7. The number of nitrogens with one attached hydrogen (secondary N) is 1. The highest BCUT2D eigenvalue weighted by Crippen LogP contribution is 2.38. The maximum Gasteiger partial charge on any atom is 0.357 e. The lowest BCUT2D eigenvalue weighted by atomic mass is 9.93. The van der Waals surface area contributed by atoms with E-state index in [1.165, 1.54) is 11.3 Å². The summed E-state index contributed by atoms with van der Waals surface area (Å²) in [7, 11) is 0. The summed E-state index contributed by atoms with van der Waals surface area (Å²) < 4.78 is 0.641. The number of thiophene rings is 1. The van der Waals surface area contributed by atoms with Gasteiger partial charge in [0.15, 0.2) is 5.69 Å². The van der Waals surface area contributed by atoms with Gasteiger partial charge in [-0.15, -0.1) is 16.4 Å². The van der Waals surface area contributed by atoms with Crippen LogP contribution in [0.15, 0.2) is 24.3 Å². The van der Waals surface area contributed by atoms with Crippen LogP contribution in [0.1, 0.15) is 29.0 Å². The standard InChI is InChI=1S/C19H17Cl2N3O2S/c20-12-5-11(6-13(21)7-12)16-8-14-15(4-10-2-1-3-22-9-10)23-24-17(19(25)26)18(14)27-16/h5-8,10,22H,1-4,9H2,(H,25,26). The number of nitrogens with zero attached hydrogens (tertiary/aromatic N) is 2. The molecule has 0 spiro atoms. The molecule has 2 aromatic heterocycles. The number of carboxylic acids is 1. The molecule has 0 radical (unpaired) electrons. The second kappa shape index (κ2) is 7.72. The Kier molecular flexibility index (Phi) is 5.32. The molecule has 0 bridgehead atoms. The summed E-state index contributed by atoms with van der Waals surface area (Å²) in [5.41, 5.74) is 1.69. The molecule has 1 unspecified atom stereocenters. The van der Waals surface area contributed by atoms with Crippen molar-refractivity contribution in [2.75, 3.05) is 13.1 Å². The van der Waals surface area contributed by atoms with Crippen molar-refractivity contribution in [2.45, 2.75) is 19.3 Å². The van der Waals surface area contributed by atoms with E-state index in [2.05, 4.69) is 15.5 Å². The van der Waals surface area contributed by atoms with Crippen LogP contribution in [0.2, 0.25) is 10.0 Å². The van der Waals surface area contributed by atoms with Crippen molar-refractivity contribution in [2.24, 2.45) is 5.92 Å². The largest absolute Gasteiger partial charge is 0.476 e. The maximum absolute atomic E-state index is 11.6. The second-order valence-corrected chi connectivity index (χ2v) is 8.65. The van der Waals surface area contributed by atoms with Gasteiger partial charge in [0.2, 0.25) is 0 Å². The molecule has 2 N–H and O–H groups in total. The van der Waals surface area contributed by atoms with E-state index >= 15 is 0 Å². The van der Waals surface area contributed by atoms with Crippen LogP contribution in [0.5, 0.6) is 0 Å². The second-order valence-electron chi connectivity index (χ2n) is 6.73. The molecule has 0 amide bonds. The molecule has 1 aromatic carbocycles. The number of carbonyl (C=O) groups is 1. The van der Waals surface area contributed by atoms with Gasteiger partial charge >= 0.3 is 5.97 Å². The molecule has 27 heavy (non-hydrogen) atoms. The fourth-order valence-corrected chi connectivity index (χ4v) is 5.16. The summed E-state index contributed by atoms with van der Waals surface area (Å²) in [6.45, 7) is 2.00. The number of rotatable bonds is 4. The van der Waals surface area contributed by atoms with E-state index in [1.807, 2.05) is 18.2 Å². The Morgan fingerprint density at radius 2 is 2.00 bits per heavy atom. The molecule has 4 rings (SSSR count). The third kappa shape index (κ3) is 3.94. The van der Waals surface area contributed by atoms with Gasteiger partial charge in [-0.2, -0.15) is 5.10 Å². The molecule has 5 nitrogen and oxygen atoms in total. The molecule has 1 saturated heterocycles. The number of hydrogen-bond donors (Lipinski definition) is 2. The first kappa shape index (κ1) is 18.6. The van der Waals surface area contributed by atoms with Crippen molar-refractivity contribution >= 4 is 50.6 Å². The predicted octanol–water partition coefficient (Wildman–Crippen LogP) is 4.91. The molecule has 140 valence electrons. The van der Waals surface area contributed by atoms with Gasteiger partial charge in [-0.05, 0) is 68.1 Å². The zero-order valence-electron chi connectivity index (χ0n) is 14.3. The number of carboxylic acid groups (broad SMARTS) is 1. The van der Waals surface area contributed by atoms with Crippen molar-refractivity contribution in [1.29, 1.82) is 0 Å². The lowest BCUT2D eigenvalue weighted by Crippen LogP contribution is -2.31. The Bertz CT molecular complexity index is 995. The molecule has 3 aromatic rings. The van der Waals surface area contributed by atoms with Gasteiger partial charge in [-0.25, -0.2) is 4.79 Å². The number of fused-ring (bicyclic) bond motifs is 1. The monoisotopic (exact) mass is 421 g/mol. The Hall–Kier alpha value is -1.73. The number of piperidine rings is 1. The molecule has 1 aliphatic heterocycles. The number of benzene rings is 1. The Morgan fingerprint density at radius 3 is 2.67 bits per heavy atom. The number of aromatic nitrogens is 2. The first-order chi connectivity index (χ1) is 13.0. The van der Waals surface area contributed by atoms with E-state index in [0.717, 1.165) is 53.9 Å². The van der Waals surface area contributed by atoms with E-state index in [-0.39, 0.29) is 5.69 Å². The van der Waals surface area contributed by atoms with Crippen LogP contribution in [-0.2, 0) is 6.42 Å². The van der Waals surface area contributed by atoms with Crippen LogP contribution in [0.3, 0.4) is 0 Å². The highest BCUT2D eigenvalue weighted by molar-refractivity contribution is 7.22.